The Bertz CT molecular complexity index is 1170. The number of nitrogens with zero attached hydrogens (tertiary/aromatic N) is 5. The van der Waals surface area contributed by atoms with Crippen molar-refractivity contribution in [1.29, 1.82) is 0 Å². The number of aliphatic hydroxyl groups is 1. The second-order valence-electron chi connectivity index (χ2n) is 8.16. The number of carboxylic acid groups (broad SMARTS) is 1. The third-order valence-corrected chi connectivity index (χ3v) is 5.47. The molecule has 2 aliphatic rings. The molecule has 4 rings (SSSR count). The van der Waals surface area contributed by atoms with E-state index in [4.69, 9.17) is 15.0 Å². The van der Waals surface area contributed by atoms with Crippen molar-refractivity contribution in [3.05, 3.63) is 41.2 Å². The fourth-order valence-electron chi connectivity index (χ4n) is 3.73. The summed E-state index contributed by atoms with van der Waals surface area (Å²) in [5.74, 6) is -3.68. The molecule has 3 N–H and O–H groups in total. The van der Waals surface area contributed by atoms with E-state index in [2.05, 4.69) is 15.6 Å². The van der Waals surface area contributed by atoms with Crippen LogP contribution in [0.15, 0.2) is 24.4 Å². The average Bonchev–Trinajstić information content (AvgIpc) is 3.38. The summed E-state index contributed by atoms with van der Waals surface area (Å²) in [6.45, 7) is 1.50. The molecule has 0 radical (unpaired) electrons. The number of hydrogen-bond acceptors (Lipinski definition) is 8. The number of benzene rings is 1. The van der Waals surface area contributed by atoms with Gasteiger partial charge < -0.3 is 15.1 Å². The average molecular weight is 512 g/mol. The van der Waals surface area contributed by atoms with Crippen LogP contribution in [-0.4, -0.2) is 91.1 Å². The van der Waals surface area contributed by atoms with E-state index in [1.165, 1.54) is 4.90 Å². The largest absolute Gasteiger partial charge is 0.490 e. The van der Waals surface area contributed by atoms with Gasteiger partial charge in [0.25, 0.3) is 5.91 Å². The standard InChI is InChI=1S/C19H22N6O4.C2HF3O2/c1-23(6-7-26)10-13-11-25(22-21-13)14-2-3-15-12(8-14)9-24(19(15)29)16-4-5-17(27)20-18(16)28;3-2(4,5)1(6)7/h2-3,8,11,16,26H,4-7,9-10H2,1H3,(H,20,27,28);(H,6,7). The van der Waals surface area contributed by atoms with Gasteiger partial charge >= 0.3 is 12.1 Å². The Labute approximate surface area is 202 Å². The summed E-state index contributed by atoms with van der Waals surface area (Å²) in [5, 5.41) is 26.7. The maximum atomic E-state index is 12.8. The molecule has 0 bridgehead atoms. The topological polar surface area (TPSA) is 158 Å². The number of aromatic nitrogens is 3. The Kier molecular flexibility index (Phi) is 8.04. The number of carboxylic acids is 1. The van der Waals surface area contributed by atoms with Gasteiger partial charge in [-0.05, 0) is 37.2 Å². The third-order valence-electron chi connectivity index (χ3n) is 5.47. The Morgan fingerprint density at radius 2 is 1.97 bits per heavy atom. The number of carbonyl (C=O) groups excluding carboxylic acids is 3. The van der Waals surface area contributed by atoms with Crippen LogP contribution in [0.25, 0.3) is 5.69 Å². The predicted octanol–water partition coefficient (Wildman–Crippen LogP) is 0.0857. The van der Waals surface area contributed by atoms with E-state index in [9.17, 15) is 27.6 Å². The number of aliphatic carboxylic acids is 1. The number of fused-ring (bicyclic) bond motifs is 1. The smallest absolute Gasteiger partial charge is 0.475 e. The van der Waals surface area contributed by atoms with Crippen LogP contribution < -0.4 is 5.32 Å². The first kappa shape index (κ1) is 26.7. The summed E-state index contributed by atoms with van der Waals surface area (Å²) in [7, 11) is 1.89. The lowest BCUT2D eigenvalue weighted by atomic mass is 10.0. The Morgan fingerprint density at radius 1 is 1.28 bits per heavy atom. The first-order valence-electron chi connectivity index (χ1n) is 10.7. The second kappa shape index (κ2) is 10.8. The van der Waals surface area contributed by atoms with E-state index in [1.807, 2.05) is 24.2 Å². The molecule has 36 heavy (non-hydrogen) atoms. The molecule has 1 atom stereocenters. The maximum Gasteiger partial charge on any atom is 0.490 e. The fraction of sp³-hybridized carbons (Fsp3) is 0.429. The van der Waals surface area contributed by atoms with E-state index in [-0.39, 0.29) is 24.8 Å². The van der Waals surface area contributed by atoms with Crippen LogP contribution in [0.2, 0.25) is 0 Å². The third kappa shape index (κ3) is 6.23. The van der Waals surface area contributed by atoms with Crippen molar-refractivity contribution in [3.8, 4) is 5.69 Å². The summed E-state index contributed by atoms with van der Waals surface area (Å²) in [4.78, 5) is 48.6. The number of imide groups is 1. The Hall–Kier alpha value is -3.85. The zero-order valence-electron chi connectivity index (χ0n) is 19.0. The number of rotatable bonds is 6. The number of likely N-dealkylation sites (N-methyl/N-ethyl adjacent to an activating group) is 1. The lowest BCUT2D eigenvalue weighted by Gasteiger charge is -2.29. The highest BCUT2D eigenvalue weighted by Crippen LogP contribution is 2.29. The van der Waals surface area contributed by atoms with Crippen molar-refractivity contribution in [2.24, 2.45) is 0 Å². The lowest BCUT2D eigenvalue weighted by Crippen LogP contribution is -2.52. The molecule has 194 valence electrons. The SMILES string of the molecule is CN(CCO)Cc1cn(-c2ccc3c(c2)CN(C2CCC(=O)NC2=O)C3=O)nn1.O=C(O)C(F)(F)F. The molecule has 3 amide bonds. The van der Waals surface area contributed by atoms with Crippen molar-refractivity contribution in [2.75, 3.05) is 20.2 Å². The van der Waals surface area contributed by atoms with Crippen molar-refractivity contribution in [1.82, 2.24) is 30.1 Å². The Balaban J connectivity index is 0.000000454. The second-order valence-corrected chi connectivity index (χ2v) is 8.16. The van der Waals surface area contributed by atoms with Crippen LogP contribution in [0.3, 0.4) is 0 Å². The van der Waals surface area contributed by atoms with Gasteiger partial charge in [-0.3, -0.25) is 24.6 Å². The molecule has 3 heterocycles. The Morgan fingerprint density at radius 3 is 2.58 bits per heavy atom. The number of aliphatic hydroxyl groups excluding tert-OH is 1. The maximum absolute atomic E-state index is 12.8. The highest BCUT2D eigenvalue weighted by molar-refractivity contribution is 6.05. The van der Waals surface area contributed by atoms with Gasteiger partial charge in [-0.25, -0.2) is 9.48 Å². The minimum atomic E-state index is -5.08. The van der Waals surface area contributed by atoms with Crippen molar-refractivity contribution >= 4 is 23.7 Å². The minimum Gasteiger partial charge on any atom is -0.475 e. The molecule has 1 aromatic heterocycles. The normalized spacial score (nSPS) is 17.6. The van der Waals surface area contributed by atoms with E-state index in [0.717, 1.165) is 16.9 Å². The molecule has 15 heteroatoms. The summed E-state index contributed by atoms with van der Waals surface area (Å²) in [6.07, 6.45) is -2.70. The number of carbonyl (C=O) groups is 4. The quantitative estimate of drug-likeness (QED) is 0.456. The van der Waals surface area contributed by atoms with Gasteiger partial charge in [0.1, 0.15) is 6.04 Å². The first-order valence-corrected chi connectivity index (χ1v) is 10.7. The predicted molar refractivity (Wildman–Crippen MR) is 115 cm³/mol. The van der Waals surface area contributed by atoms with Crippen molar-refractivity contribution in [2.45, 2.75) is 38.1 Å². The summed E-state index contributed by atoms with van der Waals surface area (Å²) >= 11 is 0. The highest BCUT2D eigenvalue weighted by atomic mass is 19.4. The zero-order chi connectivity index (χ0) is 26.6. The van der Waals surface area contributed by atoms with Gasteiger partial charge in [0, 0.05) is 31.6 Å². The number of piperidine rings is 1. The molecule has 2 aliphatic heterocycles. The molecular weight excluding hydrogens is 489 g/mol. The summed E-state index contributed by atoms with van der Waals surface area (Å²) in [6, 6.07) is 4.77. The molecule has 1 fully saturated rings. The molecule has 1 aromatic carbocycles. The molecule has 0 spiro atoms. The fourth-order valence-corrected chi connectivity index (χ4v) is 3.73. The van der Waals surface area contributed by atoms with Crippen LogP contribution >= 0.6 is 0 Å². The van der Waals surface area contributed by atoms with Crippen LogP contribution in [0.1, 0.15) is 34.5 Å². The highest BCUT2D eigenvalue weighted by Gasteiger charge is 2.39. The number of hydrogen-bond donors (Lipinski definition) is 3. The van der Waals surface area contributed by atoms with E-state index in [1.54, 1.807) is 16.8 Å². The van der Waals surface area contributed by atoms with Crippen LogP contribution in [0.5, 0.6) is 0 Å². The van der Waals surface area contributed by atoms with Gasteiger partial charge in [0.05, 0.1) is 24.2 Å². The van der Waals surface area contributed by atoms with E-state index >= 15 is 0 Å². The van der Waals surface area contributed by atoms with Crippen molar-refractivity contribution < 1.29 is 42.6 Å². The minimum absolute atomic E-state index is 0.0766. The zero-order valence-corrected chi connectivity index (χ0v) is 19.0. The van der Waals surface area contributed by atoms with Gasteiger partial charge in [-0.1, -0.05) is 5.21 Å². The molecular formula is C21H23F3N6O6. The molecule has 12 nitrogen and oxygen atoms in total. The first-order chi connectivity index (χ1) is 16.9. The van der Waals surface area contributed by atoms with Crippen LogP contribution in [0.4, 0.5) is 13.2 Å². The molecule has 1 unspecified atom stereocenters. The van der Waals surface area contributed by atoms with Gasteiger partial charge in [0.2, 0.25) is 11.8 Å². The van der Waals surface area contributed by atoms with Gasteiger partial charge in [0.15, 0.2) is 0 Å². The lowest BCUT2D eigenvalue weighted by molar-refractivity contribution is -0.192. The molecule has 2 aromatic rings. The molecule has 1 saturated heterocycles. The number of nitrogens with one attached hydrogen (secondary N) is 1. The summed E-state index contributed by atoms with van der Waals surface area (Å²) < 4.78 is 33.4. The monoisotopic (exact) mass is 512 g/mol. The van der Waals surface area contributed by atoms with Gasteiger partial charge in [-0.2, -0.15) is 13.2 Å². The molecule has 0 saturated carbocycles. The number of alkyl halides is 3. The van der Waals surface area contributed by atoms with Gasteiger partial charge in [-0.15, -0.1) is 5.10 Å². The number of halogens is 3. The van der Waals surface area contributed by atoms with Crippen LogP contribution in [-0.2, 0) is 27.5 Å². The summed E-state index contributed by atoms with van der Waals surface area (Å²) in [5.41, 5.74) is 2.90. The van der Waals surface area contributed by atoms with E-state index in [0.29, 0.717) is 31.6 Å². The van der Waals surface area contributed by atoms with Crippen molar-refractivity contribution in [3.63, 3.8) is 0 Å². The molecule has 0 aliphatic carbocycles. The number of amides is 3. The van der Waals surface area contributed by atoms with Crippen LogP contribution in [0, 0.1) is 0 Å². The van der Waals surface area contributed by atoms with E-state index < -0.39 is 24.1 Å².